The van der Waals surface area contributed by atoms with Crippen molar-refractivity contribution < 1.29 is 18.3 Å². The number of piperidine rings is 1. The predicted octanol–water partition coefficient (Wildman–Crippen LogP) is 5.62. The van der Waals surface area contributed by atoms with Crippen LogP contribution >= 0.6 is 11.3 Å². The van der Waals surface area contributed by atoms with Gasteiger partial charge in [0, 0.05) is 31.3 Å². The van der Waals surface area contributed by atoms with Crippen LogP contribution in [0, 0.1) is 11.6 Å². The molecular weight excluding hydrogens is 444 g/mol. The van der Waals surface area contributed by atoms with Crippen LogP contribution < -0.4 is 10.2 Å². The SMILES string of the molecule is COCC(C)(c1ccccc1)c1csc(NC(=O)c2c(F)cc(N3CCCCC3)cc2F)n1. The van der Waals surface area contributed by atoms with Crippen LogP contribution in [-0.4, -0.2) is 37.7 Å². The fourth-order valence-electron chi connectivity index (χ4n) is 4.26. The summed E-state index contributed by atoms with van der Waals surface area (Å²) in [5.74, 6) is -2.61. The van der Waals surface area contributed by atoms with Crippen molar-refractivity contribution in [1.29, 1.82) is 0 Å². The fraction of sp³-hybridized carbons (Fsp3) is 0.360. The lowest BCUT2D eigenvalue weighted by Crippen LogP contribution is -2.30. The molecule has 5 nitrogen and oxygen atoms in total. The van der Waals surface area contributed by atoms with Crippen LogP contribution in [-0.2, 0) is 10.2 Å². The molecule has 0 saturated carbocycles. The number of rotatable bonds is 7. The first-order valence-electron chi connectivity index (χ1n) is 11.0. The van der Waals surface area contributed by atoms with E-state index >= 15 is 0 Å². The van der Waals surface area contributed by atoms with E-state index in [1.54, 1.807) is 7.11 Å². The van der Waals surface area contributed by atoms with Crippen LogP contribution in [0.2, 0.25) is 0 Å². The van der Waals surface area contributed by atoms with Crippen molar-refractivity contribution in [3.05, 3.63) is 76.3 Å². The van der Waals surface area contributed by atoms with Gasteiger partial charge in [-0.1, -0.05) is 30.3 Å². The lowest BCUT2D eigenvalue weighted by atomic mass is 9.81. The summed E-state index contributed by atoms with van der Waals surface area (Å²) in [6.45, 7) is 3.91. The molecule has 1 unspecified atom stereocenters. The maximum absolute atomic E-state index is 14.8. The molecule has 1 fully saturated rings. The van der Waals surface area contributed by atoms with Crippen molar-refractivity contribution in [1.82, 2.24) is 4.98 Å². The Morgan fingerprint density at radius 1 is 1.15 bits per heavy atom. The van der Waals surface area contributed by atoms with Gasteiger partial charge in [-0.25, -0.2) is 13.8 Å². The molecule has 0 bridgehead atoms. The molecule has 1 atom stereocenters. The van der Waals surface area contributed by atoms with E-state index in [0.717, 1.165) is 37.9 Å². The Labute approximate surface area is 196 Å². The number of aromatic nitrogens is 1. The highest BCUT2D eigenvalue weighted by Gasteiger charge is 2.32. The number of methoxy groups -OCH3 is 1. The van der Waals surface area contributed by atoms with E-state index in [1.165, 1.54) is 23.5 Å². The molecule has 1 aliphatic heterocycles. The minimum absolute atomic E-state index is 0.271. The Morgan fingerprint density at radius 2 is 1.82 bits per heavy atom. The number of ether oxygens (including phenoxy) is 1. The molecule has 1 aliphatic rings. The smallest absolute Gasteiger partial charge is 0.263 e. The summed E-state index contributed by atoms with van der Waals surface area (Å²) in [4.78, 5) is 19.2. The number of carbonyl (C=O) groups is 1. The van der Waals surface area contributed by atoms with Crippen molar-refractivity contribution in [2.75, 3.05) is 37.0 Å². The summed E-state index contributed by atoms with van der Waals surface area (Å²) in [7, 11) is 1.62. The second-order valence-corrected chi connectivity index (χ2v) is 9.31. The van der Waals surface area contributed by atoms with E-state index in [2.05, 4.69) is 10.3 Å². The second kappa shape index (κ2) is 9.97. The molecule has 2 heterocycles. The second-order valence-electron chi connectivity index (χ2n) is 8.46. The van der Waals surface area contributed by atoms with Gasteiger partial charge in [0.15, 0.2) is 5.13 Å². The van der Waals surface area contributed by atoms with Gasteiger partial charge in [0.1, 0.15) is 17.2 Å². The molecule has 0 radical (unpaired) electrons. The number of benzene rings is 2. The average Bonchev–Trinajstić information content (AvgIpc) is 3.29. The third-order valence-corrected chi connectivity index (χ3v) is 6.87. The summed E-state index contributed by atoms with van der Waals surface area (Å²) >= 11 is 1.21. The van der Waals surface area contributed by atoms with Crippen LogP contribution in [0.4, 0.5) is 19.6 Å². The quantitative estimate of drug-likeness (QED) is 0.486. The first-order valence-corrected chi connectivity index (χ1v) is 11.9. The number of nitrogens with zero attached hydrogens (tertiary/aromatic N) is 2. The van der Waals surface area contributed by atoms with Crippen LogP contribution in [0.25, 0.3) is 0 Å². The molecule has 2 aromatic carbocycles. The third kappa shape index (κ3) is 4.91. The maximum Gasteiger partial charge on any atom is 0.263 e. The maximum atomic E-state index is 14.8. The van der Waals surface area contributed by atoms with Crippen LogP contribution in [0.5, 0.6) is 0 Å². The first kappa shape index (κ1) is 23.3. The summed E-state index contributed by atoms with van der Waals surface area (Å²) in [6, 6.07) is 12.3. The average molecular weight is 472 g/mol. The Balaban J connectivity index is 1.55. The van der Waals surface area contributed by atoms with E-state index in [9.17, 15) is 13.6 Å². The molecule has 0 aliphatic carbocycles. The van der Waals surface area contributed by atoms with Crippen molar-refractivity contribution in [3.8, 4) is 0 Å². The topological polar surface area (TPSA) is 54.5 Å². The lowest BCUT2D eigenvalue weighted by molar-refractivity contribution is 0.101. The van der Waals surface area contributed by atoms with Crippen LogP contribution in [0.3, 0.4) is 0 Å². The number of anilines is 2. The van der Waals surface area contributed by atoms with E-state index < -0.39 is 28.5 Å². The Hall–Kier alpha value is -2.84. The van der Waals surface area contributed by atoms with Crippen molar-refractivity contribution in [2.24, 2.45) is 0 Å². The molecule has 3 aromatic rings. The molecule has 1 N–H and O–H groups in total. The Bertz CT molecular complexity index is 1090. The van der Waals surface area contributed by atoms with Gasteiger partial charge in [0.05, 0.1) is 17.7 Å². The summed E-state index contributed by atoms with van der Waals surface area (Å²) in [6.07, 6.45) is 3.09. The zero-order valence-corrected chi connectivity index (χ0v) is 19.6. The van der Waals surface area contributed by atoms with Crippen molar-refractivity contribution >= 4 is 28.1 Å². The van der Waals surface area contributed by atoms with Crippen molar-refractivity contribution in [2.45, 2.75) is 31.6 Å². The van der Waals surface area contributed by atoms with Crippen LogP contribution in [0.1, 0.15) is 47.8 Å². The van der Waals surface area contributed by atoms with Gasteiger partial charge in [-0.3, -0.25) is 10.1 Å². The molecule has 33 heavy (non-hydrogen) atoms. The number of carbonyl (C=O) groups excluding carboxylic acids is 1. The number of amides is 1. The van der Waals surface area contributed by atoms with Gasteiger partial charge in [0.25, 0.3) is 5.91 Å². The molecule has 174 valence electrons. The monoisotopic (exact) mass is 471 g/mol. The summed E-state index contributed by atoms with van der Waals surface area (Å²) in [5.41, 5.74) is 1.05. The van der Waals surface area contributed by atoms with Gasteiger partial charge in [-0.05, 0) is 43.9 Å². The number of hydrogen-bond acceptors (Lipinski definition) is 5. The predicted molar refractivity (Wildman–Crippen MR) is 127 cm³/mol. The van der Waals surface area contributed by atoms with Crippen LogP contribution in [0.15, 0.2) is 47.8 Å². The highest BCUT2D eigenvalue weighted by Crippen LogP contribution is 2.34. The van der Waals surface area contributed by atoms with Gasteiger partial charge in [0.2, 0.25) is 0 Å². The number of halogens is 2. The number of hydrogen-bond donors (Lipinski definition) is 1. The Morgan fingerprint density at radius 3 is 2.45 bits per heavy atom. The zero-order valence-electron chi connectivity index (χ0n) is 18.7. The largest absolute Gasteiger partial charge is 0.383 e. The van der Waals surface area contributed by atoms with Gasteiger partial charge >= 0.3 is 0 Å². The molecule has 1 saturated heterocycles. The third-order valence-electron chi connectivity index (χ3n) is 6.11. The lowest BCUT2D eigenvalue weighted by Gasteiger charge is -2.29. The number of nitrogens with one attached hydrogen (secondary N) is 1. The summed E-state index contributed by atoms with van der Waals surface area (Å²) in [5, 5.41) is 4.66. The minimum Gasteiger partial charge on any atom is -0.383 e. The van der Waals surface area contributed by atoms with E-state index in [-0.39, 0.29) is 5.13 Å². The molecule has 0 spiro atoms. The fourth-order valence-corrected chi connectivity index (χ4v) is 5.09. The normalized spacial score (nSPS) is 15.8. The Kier molecular flexibility index (Phi) is 7.05. The van der Waals surface area contributed by atoms with Crippen molar-refractivity contribution in [3.63, 3.8) is 0 Å². The molecule has 4 rings (SSSR count). The van der Waals surface area contributed by atoms with E-state index in [0.29, 0.717) is 18.0 Å². The van der Waals surface area contributed by atoms with Gasteiger partial charge < -0.3 is 9.64 Å². The molecule has 1 amide bonds. The van der Waals surface area contributed by atoms with E-state index in [4.69, 9.17) is 4.74 Å². The molecular formula is C25H27F2N3O2S. The molecule has 8 heteroatoms. The highest BCUT2D eigenvalue weighted by molar-refractivity contribution is 7.14. The minimum atomic E-state index is -0.877. The van der Waals surface area contributed by atoms with Gasteiger partial charge in [-0.15, -0.1) is 11.3 Å². The molecule has 1 aromatic heterocycles. The first-order chi connectivity index (χ1) is 15.9. The highest BCUT2D eigenvalue weighted by atomic mass is 32.1. The standard InChI is InChI=1S/C25H27F2N3O2S/c1-25(16-32-2,17-9-5-3-6-10-17)21-15-33-24(28-21)29-23(31)22-19(26)13-18(14-20(22)27)30-11-7-4-8-12-30/h3,5-6,9-10,13-15H,4,7-8,11-12,16H2,1-2H3,(H,28,29,31). The van der Waals surface area contributed by atoms with Gasteiger partial charge in [-0.2, -0.15) is 0 Å². The number of thiazole rings is 1. The van der Waals surface area contributed by atoms with E-state index in [1.807, 2.05) is 47.5 Å². The zero-order chi connectivity index (χ0) is 23.4. The summed E-state index contributed by atoms with van der Waals surface area (Å²) < 4.78 is 35.0.